The number of nitrogens with one attached hydrogen (secondary N) is 3. The molecular weight excluding hydrogens is 447 g/mol. The highest BCUT2D eigenvalue weighted by molar-refractivity contribution is 14.1. The van der Waals surface area contributed by atoms with E-state index in [0.29, 0.717) is 35.5 Å². The molecule has 2 aromatic carbocycles. The maximum Gasteiger partial charge on any atom is 0.323 e. The van der Waals surface area contributed by atoms with Crippen LogP contribution in [0.1, 0.15) is 10.4 Å². The zero-order valence-corrected chi connectivity index (χ0v) is 16.0. The molecule has 26 heavy (non-hydrogen) atoms. The summed E-state index contributed by atoms with van der Waals surface area (Å²) in [6.07, 6.45) is 0. The number of halogens is 1. The molecule has 0 aliphatic carbocycles. The predicted molar refractivity (Wildman–Crippen MR) is 109 cm³/mol. The topological polar surface area (TPSA) is 90.2 Å². The number of morpholine rings is 1. The highest BCUT2D eigenvalue weighted by Gasteiger charge is 2.18. The first-order valence-electron chi connectivity index (χ1n) is 8.26. The number of aromatic nitrogens is 2. The van der Waals surface area contributed by atoms with Gasteiger partial charge in [0.2, 0.25) is 0 Å². The maximum absolute atomic E-state index is 12.7. The van der Waals surface area contributed by atoms with E-state index in [4.69, 9.17) is 4.74 Å². The molecule has 0 bridgehead atoms. The molecule has 3 N–H and O–H groups in total. The number of hydrogen-bond donors (Lipinski definition) is 3. The number of nitrogens with zero attached hydrogens (tertiary/aromatic N) is 1. The van der Waals surface area contributed by atoms with Crippen molar-refractivity contribution in [1.82, 2.24) is 9.97 Å². The number of rotatable bonds is 3. The summed E-state index contributed by atoms with van der Waals surface area (Å²) in [5.74, 6) is -0.185. The number of carbonyl (C=O) groups excluding carboxylic acids is 1. The molecule has 1 aliphatic rings. The standard InChI is InChI=1S/C18H17IN4O3/c19-12-3-1-2-11(8-12)17(24)20-15-9-13-14(22-18(25)21-13)10-16(15)23-4-6-26-7-5-23/h1-3,8-10H,4-7H2,(H,20,24)(H2,21,22,25). The van der Waals surface area contributed by atoms with Gasteiger partial charge >= 0.3 is 5.69 Å². The van der Waals surface area contributed by atoms with Gasteiger partial charge in [-0.15, -0.1) is 0 Å². The molecule has 0 radical (unpaired) electrons. The average molecular weight is 464 g/mol. The highest BCUT2D eigenvalue weighted by Crippen LogP contribution is 2.31. The number of H-pyrrole nitrogens is 2. The Morgan fingerprint density at radius 2 is 1.85 bits per heavy atom. The van der Waals surface area contributed by atoms with Crippen molar-refractivity contribution < 1.29 is 9.53 Å². The van der Waals surface area contributed by atoms with Crippen molar-refractivity contribution in [2.45, 2.75) is 0 Å². The molecule has 1 saturated heterocycles. The van der Waals surface area contributed by atoms with Crippen LogP contribution in [-0.2, 0) is 4.74 Å². The molecule has 0 saturated carbocycles. The van der Waals surface area contributed by atoms with Crippen molar-refractivity contribution >= 4 is 50.9 Å². The lowest BCUT2D eigenvalue weighted by atomic mass is 10.1. The number of benzene rings is 2. The van der Waals surface area contributed by atoms with E-state index in [1.165, 1.54) is 0 Å². The lowest BCUT2D eigenvalue weighted by molar-refractivity contribution is 0.102. The van der Waals surface area contributed by atoms with E-state index in [2.05, 4.69) is 42.8 Å². The number of fused-ring (bicyclic) bond motifs is 1. The molecule has 7 nitrogen and oxygen atoms in total. The minimum atomic E-state index is -0.269. The molecule has 0 spiro atoms. The van der Waals surface area contributed by atoms with Gasteiger partial charge in [0.1, 0.15) is 0 Å². The number of anilines is 2. The minimum Gasteiger partial charge on any atom is -0.378 e. The Hall–Kier alpha value is -2.33. The van der Waals surface area contributed by atoms with Gasteiger partial charge in [-0.2, -0.15) is 0 Å². The summed E-state index contributed by atoms with van der Waals surface area (Å²) in [6.45, 7) is 2.72. The predicted octanol–water partition coefficient (Wildman–Crippen LogP) is 2.55. The van der Waals surface area contributed by atoms with Crippen LogP contribution in [0.5, 0.6) is 0 Å². The van der Waals surface area contributed by atoms with Gasteiger partial charge in [0.25, 0.3) is 5.91 Å². The molecule has 2 heterocycles. The van der Waals surface area contributed by atoms with Crippen LogP contribution < -0.4 is 15.9 Å². The van der Waals surface area contributed by atoms with Crippen LogP contribution in [0, 0.1) is 3.57 Å². The van der Waals surface area contributed by atoms with E-state index in [0.717, 1.165) is 22.3 Å². The summed E-state index contributed by atoms with van der Waals surface area (Å²) in [6, 6.07) is 11.1. The Morgan fingerprint density at radius 1 is 1.12 bits per heavy atom. The lowest BCUT2D eigenvalue weighted by Crippen LogP contribution is -2.36. The van der Waals surface area contributed by atoms with E-state index in [-0.39, 0.29) is 11.6 Å². The third kappa shape index (κ3) is 3.47. The van der Waals surface area contributed by atoms with Gasteiger partial charge < -0.3 is 24.9 Å². The first-order chi connectivity index (χ1) is 12.6. The van der Waals surface area contributed by atoms with Gasteiger partial charge in [0.15, 0.2) is 0 Å². The monoisotopic (exact) mass is 464 g/mol. The first kappa shape index (κ1) is 17.1. The zero-order chi connectivity index (χ0) is 18.1. The van der Waals surface area contributed by atoms with Crippen LogP contribution in [0.4, 0.5) is 11.4 Å². The minimum absolute atomic E-state index is 0.185. The zero-order valence-electron chi connectivity index (χ0n) is 13.8. The van der Waals surface area contributed by atoms with Crippen molar-refractivity contribution in [3.63, 3.8) is 0 Å². The lowest BCUT2D eigenvalue weighted by Gasteiger charge is -2.30. The van der Waals surface area contributed by atoms with E-state index in [1.54, 1.807) is 12.1 Å². The molecule has 1 fully saturated rings. The van der Waals surface area contributed by atoms with Gasteiger partial charge in [-0.3, -0.25) is 4.79 Å². The molecule has 8 heteroatoms. The van der Waals surface area contributed by atoms with E-state index in [1.807, 2.05) is 24.3 Å². The van der Waals surface area contributed by atoms with Gasteiger partial charge in [-0.25, -0.2) is 4.79 Å². The Kier molecular flexibility index (Phi) is 4.68. The van der Waals surface area contributed by atoms with Crippen LogP contribution in [0.3, 0.4) is 0 Å². The second-order valence-electron chi connectivity index (χ2n) is 6.06. The maximum atomic E-state index is 12.7. The summed E-state index contributed by atoms with van der Waals surface area (Å²) < 4.78 is 6.42. The Bertz CT molecular complexity index is 1020. The molecule has 134 valence electrons. The fourth-order valence-electron chi connectivity index (χ4n) is 3.06. The fraction of sp³-hybridized carbons (Fsp3) is 0.222. The van der Waals surface area contributed by atoms with Gasteiger partial charge in [0, 0.05) is 22.2 Å². The van der Waals surface area contributed by atoms with Crippen molar-refractivity contribution in [1.29, 1.82) is 0 Å². The third-order valence-electron chi connectivity index (χ3n) is 4.32. The van der Waals surface area contributed by atoms with Crippen molar-refractivity contribution in [2.24, 2.45) is 0 Å². The summed E-state index contributed by atoms with van der Waals surface area (Å²) in [5, 5.41) is 2.99. The van der Waals surface area contributed by atoms with Gasteiger partial charge in [-0.05, 0) is 52.9 Å². The quantitative estimate of drug-likeness (QED) is 0.520. The SMILES string of the molecule is O=C(Nc1cc2[nH]c(=O)[nH]c2cc1N1CCOCC1)c1cccc(I)c1. The number of imidazole rings is 1. The number of hydrogen-bond acceptors (Lipinski definition) is 4. The van der Waals surface area contributed by atoms with Crippen LogP contribution >= 0.6 is 22.6 Å². The average Bonchev–Trinajstić information content (AvgIpc) is 3.00. The molecule has 4 rings (SSSR count). The van der Waals surface area contributed by atoms with Crippen LogP contribution in [-0.4, -0.2) is 42.2 Å². The number of carbonyl (C=O) groups is 1. The van der Waals surface area contributed by atoms with Gasteiger partial charge in [0.05, 0.1) is 35.6 Å². The van der Waals surface area contributed by atoms with E-state index in [9.17, 15) is 9.59 Å². The second-order valence-corrected chi connectivity index (χ2v) is 7.30. The Balaban J connectivity index is 1.73. The van der Waals surface area contributed by atoms with E-state index < -0.39 is 0 Å². The largest absolute Gasteiger partial charge is 0.378 e. The van der Waals surface area contributed by atoms with E-state index >= 15 is 0 Å². The number of ether oxygens (including phenoxy) is 1. The number of aromatic amines is 2. The summed E-state index contributed by atoms with van der Waals surface area (Å²) in [5.41, 5.74) is 3.23. The normalized spacial score (nSPS) is 14.6. The van der Waals surface area contributed by atoms with Crippen molar-refractivity contribution in [3.05, 3.63) is 56.0 Å². The smallest absolute Gasteiger partial charge is 0.323 e. The van der Waals surface area contributed by atoms with Gasteiger partial charge in [-0.1, -0.05) is 6.07 Å². The van der Waals surface area contributed by atoms with Crippen LogP contribution in [0.25, 0.3) is 11.0 Å². The summed E-state index contributed by atoms with van der Waals surface area (Å²) in [7, 11) is 0. The van der Waals surface area contributed by atoms with Crippen molar-refractivity contribution in [2.75, 3.05) is 36.5 Å². The van der Waals surface area contributed by atoms with Crippen LogP contribution in [0.15, 0.2) is 41.2 Å². The fourth-order valence-corrected chi connectivity index (χ4v) is 3.60. The summed E-state index contributed by atoms with van der Waals surface area (Å²) >= 11 is 2.18. The molecule has 0 unspecified atom stereocenters. The Labute approximate surface area is 162 Å². The highest BCUT2D eigenvalue weighted by atomic mass is 127. The first-order valence-corrected chi connectivity index (χ1v) is 9.34. The second kappa shape index (κ2) is 7.12. The molecule has 1 aliphatic heterocycles. The summed E-state index contributed by atoms with van der Waals surface area (Å²) in [4.78, 5) is 32.0. The molecule has 1 amide bonds. The van der Waals surface area contributed by atoms with Crippen LogP contribution in [0.2, 0.25) is 0 Å². The molecule has 0 atom stereocenters. The molecule has 3 aromatic rings. The molecular formula is C18H17IN4O3. The van der Waals surface area contributed by atoms with Crippen molar-refractivity contribution in [3.8, 4) is 0 Å². The third-order valence-corrected chi connectivity index (χ3v) is 4.99. The number of amides is 1. The Morgan fingerprint density at radius 3 is 2.58 bits per heavy atom. The molecule has 1 aromatic heterocycles.